The molecule has 0 saturated carbocycles. The lowest BCUT2D eigenvalue weighted by Crippen LogP contribution is -2.36. The van der Waals surface area contributed by atoms with Gasteiger partial charge in [-0.05, 0) is 54.6 Å². The summed E-state index contributed by atoms with van der Waals surface area (Å²) in [5.41, 5.74) is 1.29. The van der Waals surface area contributed by atoms with Gasteiger partial charge in [-0.3, -0.25) is 14.6 Å². The van der Waals surface area contributed by atoms with E-state index in [0.29, 0.717) is 5.57 Å². The smallest absolute Gasteiger partial charge is 0.255 e. The molecule has 4 rings (SSSR count). The Morgan fingerprint density at radius 1 is 1.10 bits per heavy atom. The molecule has 0 bridgehead atoms. The Bertz CT molecular complexity index is 1160. The largest absolute Gasteiger partial charge is 0.367 e. The van der Waals surface area contributed by atoms with E-state index < -0.39 is 23.3 Å². The van der Waals surface area contributed by atoms with Crippen LogP contribution in [0.4, 0.5) is 14.5 Å². The minimum absolute atomic E-state index is 0.116. The van der Waals surface area contributed by atoms with Crippen molar-refractivity contribution in [3.63, 3.8) is 0 Å². The van der Waals surface area contributed by atoms with E-state index in [9.17, 15) is 18.4 Å². The molecule has 7 heteroatoms. The zero-order valence-corrected chi connectivity index (χ0v) is 16.0. The van der Waals surface area contributed by atoms with Crippen molar-refractivity contribution in [2.75, 3.05) is 12.4 Å². The number of aliphatic imine (C=N–C) groups is 1. The first kappa shape index (κ1) is 19.4. The molecule has 0 saturated heterocycles. The van der Waals surface area contributed by atoms with Crippen molar-refractivity contribution in [2.24, 2.45) is 4.99 Å². The average Bonchev–Trinajstić information content (AvgIpc) is 2.74. The van der Waals surface area contributed by atoms with Crippen LogP contribution < -0.4 is 5.32 Å². The van der Waals surface area contributed by atoms with Gasteiger partial charge in [-0.25, -0.2) is 8.78 Å². The van der Waals surface area contributed by atoms with Crippen molar-refractivity contribution in [1.29, 1.82) is 0 Å². The molecule has 1 atom stereocenters. The van der Waals surface area contributed by atoms with E-state index in [2.05, 4.69) is 10.3 Å². The minimum Gasteiger partial charge on any atom is -0.367 e. The number of nitrogens with one attached hydrogen (secondary N) is 1. The van der Waals surface area contributed by atoms with Crippen LogP contribution in [0.5, 0.6) is 0 Å². The summed E-state index contributed by atoms with van der Waals surface area (Å²) < 4.78 is 27.8. The lowest BCUT2D eigenvalue weighted by molar-refractivity contribution is 0.101. The van der Waals surface area contributed by atoms with Crippen molar-refractivity contribution in [2.45, 2.75) is 6.04 Å². The molecule has 0 aromatic heterocycles. The second kappa shape index (κ2) is 7.87. The van der Waals surface area contributed by atoms with Crippen LogP contribution in [0, 0.1) is 11.6 Å². The molecule has 2 aromatic carbocycles. The summed E-state index contributed by atoms with van der Waals surface area (Å²) in [7, 11) is 1.86. The molecule has 30 heavy (non-hydrogen) atoms. The van der Waals surface area contributed by atoms with Crippen LogP contribution in [0.1, 0.15) is 20.7 Å². The molecule has 0 spiro atoms. The number of nitrogens with zero attached hydrogens (tertiary/aromatic N) is 2. The minimum atomic E-state index is -0.700. The SMILES string of the molecule is CN1C=CN=C2C=CC(C(=O)c3cc(NC(=O)c4cccc(F)c4)ccc3F)=CC21. The van der Waals surface area contributed by atoms with Crippen molar-refractivity contribution in [3.05, 3.63) is 101 Å². The fourth-order valence-electron chi connectivity index (χ4n) is 3.26. The maximum Gasteiger partial charge on any atom is 0.255 e. The molecule has 1 aliphatic carbocycles. The lowest BCUT2D eigenvalue weighted by Gasteiger charge is -2.29. The fraction of sp³-hybridized carbons (Fsp3) is 0.0870. The summed E-state index contributed by atoms with van der Waals surface area (Å²) in [6, 6.07) is 8.72. The van der Waals surface area contributed by atoms with E-state index in [-0.39, 0.29) is 22.9 Å². The van der Waals surface area contributed by atoms with Gasteiger partial charge in [-0.15, -0.1) is 0 Å². The number of hydrogen-bond donors (Lipinski definition) is 1. The molecular formula is C23H17F2N3O2. The fourth-order valence-corrected chi connectivity index (χ4v) is 3.26. The number of carbonyl (C=O) groups excluding carboxylic acids is 2. The van der Waals surface area contributed by atoms with Gasteiger partial charge in [-0.1, -0.05) is 6.07 Å². The first-order valence-corrected chi connectivity index (χ1v) is 9.20. The molecule has 0 radical (unpaired) electrons. The van der Waals surface area contributed by atoms with Gasteiger partial charge in [0.1, 0.15) is 11.6 Å². The van der Waals surface area contributed by atoms with Gasteiger partial charge >= 0.3 is 0 Å². The number of ketones is 1. The Morgan fingerprint density at radius 3 is 2.73 bits per heavy atom. The van der Waals surface area contributed by atoms with Gasteiger partial charge in [0.15, 0.2) is 5.78 Å². The quantitative estimate of drug-likeness (QED) is 0.779. The molecule has 1 amide bonds. The molecule has 1 N–H and O–H groups in total. The third kappa shape index (κ3) is 3.82. The van der Waals surface area contributed by atoms with Gasteiger partial charge in [0.2, 0.25) is 0 Å². The zero-order chi connectivity index (χ0) is 21.3. The number of fused-ring (bicyclic) bond motifs is 1. The monoisotopic (exact) mass is 405 g/mol. The van der Waals surface area contributed by atoms with Crippen LogP contribution in [0.25, 0.3) is 0 Å². The Balaban J connectivity index is 1.58. The molecular weight excluding hydrogens is 388 g/mol. The number of halogens is 2. The summed E-state index contributed by atoms with van der Waals surface area (Å²) in [5.74, 6) is -2.31. The van der Waals surface area contributed by atoms with Crippen molar-refractivity contribution >= 4 is 23.1 Å². The van der Waals surface area contributed by atoms with Crippen LogP contribution in [-0.2, 0) is 0 Å². The Hall–Kier alpha value is -3.87. The number of likely N-dealkylation sites (N-methyl/N-ethyl adjacent to an activating group) is 1. The Kier molecular flexibility index (Phi) is 5.10. The number of amides is 1. The van der Waals surface area contributed by atoms with Crippen molar-refractivity contribution in [3.8, 4) is 0 Å². The molecule has 0 fully saturated rings. The van der Waals surface area contributed by atoms with Crippen molar-refractivity contribution < 1.29 is 18.4 Å². The first-order valence-electron chi connectivity index (χ1n) is 9.20. The molecule has 1 heterocycles. The molecule has 2 aromatic rings. The topological polar surface area (TPSA) is 61.8 Å². The van der Waals surface area contributed by atoms with E-state index in [1.807, 2.05) is 11.9 Å². The highest BCUT2D eigenvalue weighted by molar-refractivity contribution is 6.15. The number of allylic oxidation sites excluding steroid dienone is 2. The van der Waals surface area contributed by atoms with Gasteiger partial charge < -0.3 is 10.2 Å². The molecule has 1 unspecified atom stereocenters. The summed E-state index contributed by atoms with van der Waals surface area (Å²) in [6.07, 6.45) is 8.51. The number of Topliss-reactive ketones (excluding diaryl/α,β-unsaturated/α-hetero) is 1. The molecule has 1 aliphatic heterocycles. The Labute approximate surface area is 171 Å². The maximum absolute atomic E-state index is 14.4. The van der Waals surface area contributed by atoms with Crippen LogP contribution in [-0.4, -0.2) is 35.4 Å². The summed E-state index contributed by atoms with van der Waals surface area (Å²) in [6.45, 7) is 0. The second-order valence-corrected chi connectivity index (χ2v) is 6.91. The number of carbonyl (C=O) groups is 2. The first-order chi connectivity index (χ1) is 14.4. The summed E-state index contributed by atoms with van der Waals surface area (Å²) in [4.78, 5) is 31.4. The zero-order valence-electron chi connectivity index (χ0n) is 16.0. The normalized spacial score (nSPS) is 17.2. The van der Waals surface area contributed by atoms with E-state index in [1.165, 1.54) is 30.3 Å². The molecule has 2 aliphatic rings. The van der Waals surface area contributed by atoms with Crippen LogP contribution in [0.15, 0.2) is 83.7 Å². The third-order valence-corrected chi connectivity index (χ3v) is 4.86. The predicted octanol–water partition coefficient (Wildman–Crippen LogP) is 4.12. The number of rotatable bonds is 4. The van der Waals surface area contributed by atoms with E-state index in [1.54, 1.807) is 30.6 Å². The molecule has 5 nitrogen and oxygen atoms in total. The average molecular weight is 405 g/mol. The standard InChI is InChI=1S/C23H17F2N3O2/c1-28-10-9-26-20-8-5-14(12-21(20)28)22(29)18-13-17(6-7-19(18)25)27-23(30)15-3-2-4-16(24)11-15/h2-13,21H,1H3,(H,27,30). The van der Waals surface area contributed by atoms with Gasteiger partial charge in [0.25, 0.3) is 5.91 Å². The van der Waals surface area contributed by atoms with Gasteiger partial charge in [0, 0.05) is 36.3 Å². The van der Waals surface area contributed by atoms with E-state index in [4.69, 9.17) is 0 Å². The van der Waals surface area contributed by atoms with Crippen LogP contribution >= 0.6 is 0 Å². The van der Waals surface area contributed by atoms with E-state index in [0.717, 1.165) is 17.8 Å². The van der Waals surface area contributed by atoms with Gasteiger partial charge in [0.05, 0.1) is 17.3 Å². The highest BCUT2D eigenvalue weighted by atomic mass is 19.1. The number of benzene rings is 2. The maximum atomic E-state index is 14.4. The van der Waals surface area contributed by atoms with Crippen molar-refractivity contribution in [1.82, 2.24) is 4.90 Å². The third-order valence-electron chi connectivity index (χ3n) is 4.86. The number of anilines is 1. The van der Waals surface area contributed by atoms with Crippen LogP contribution in [0.2, 0.25) is 0 Å². The Morgan fingerprint density at radius 2 is 1.93 bits per heavy atom. The molecule has 150 valence electrons. The summed E-state index contributed by atoms with van der Waals surface area (Å²) in [5, 5.41) is 2.56. The van der Waals surface area contributed by atoms with E-state index >= 15 is 0 Å². The lowest BCUT2D eigenvalue weighted by atomic mass is 9.93. The van der Waals surface area contributed by atoms with Gasteiger partial charge in [-0.2, -0.15) is 0 Å². The highest BCUT2D eigenvalue weighted by Gasteiger charge is 2.25. The second-order valence-electron chi connectivity index (χ2n) is 6.91. The predicted molar refractivity (Wildman–Crippen MR) is 110 cm³/mol. The highest BCUT2D eigenvalue weighted by Crippen LogP contribution is 2.23. The number of hydrogen-bond acceptors (Lipinski definition) is 4. The summed E-state index contributed by atoms with van der Waals surface area (Å²) >= 11 is 0. The van der Waals surface area contributed by atoms with Crippen LogP contribution in [0.3, 0.4) is 0 Å².